The molecule has 1 atom stereocenters. The highest BCUT2D eigenvalue weighted by atomic mass is 16.6. The highest BCUT2D eigenvalue weighted by Gasteiger charge is 2.31. The third kappa shape index (κ3) is 6.48. The number of ether oxygens (including phenoxy) is 2. The first-order chi connectivity index (χ1) is 16.7. The molecular formula is C26H35N5O4. The van der Waals surface area contributed by atoms with Crippen LogP contribution in [0.4, 0.5) is 16.3 Å². The lowest BCUT2D eigenvalue weighted by Crippen LogP contribution is -2.44. The van der Waals surface area contributed by atoms with Gasteiger partial charge < -0.3 is 19.7 Å². The zero-order chi connectivity index (χ0) is 25.0. The van der Waals surface area contributed by atoms with Gasteiger partial charge in [0.2, 0.25) is 5.91 Å². The van der Waals surface area contributed by atoms with Crippen LogP contribution in [0.5, 0.6) is 5.75 Å². The van der Waals surface area contributed by atoms with Gasteiger partial charge in [-0.15, -0.1) is 5.10 Å². The maximum absolute atomic E-state index is 13.4. The van der Waals surface area contributed by atoms with Crippen molar-refractivity contribution in [1.82, 2.24) is 20.4 Å². The summed E-state index contributed by atoms with van der Waals surface area (Å²) in [5.74, 6) is 1.16. The Bertz CT molecular complexity index is 1010. The summed E-state index contributed by atoms with van der Waals surface area (Å²) in [7, 11) is 0. The molecular weight excluding hydrogens is 446 g/mol. The molecule has 2 fully saturated rings. The van der Waals surface area contributed by atoms with Crippen LogP contribution in [0.15, 0.2) is 36.4 Å². The molecule has 35 heavy (non-hydrogen) atoms. The lowest BCUT2D eigenvalue weighted by atomic mass is 10.1. The Morgan fingerprint density at radius 3 is 2.31 bits per heavy atom. The summed E-state index contributed by atoms with van der Waals surface area (Å²) in [6, 6.07) is 11.2. The molecule has 0 radical (unpaired) electrons. The number of hydrogen-bond donors (Lipinski definition) is 1. The van der Waals surface area contributed by atoms with Crippen LogP contribution in [0.3, 0.4) is 0 Å². The normalized spacial score (nSPS) is 18.9. The molecule has 0 bridgehead atoms. The molecule has 4 rings (SSSR count). The number of rotatable bonds is 5. The number of benzene rings is 1. The molecule has 2 saturated heterocycles. The molecule has 9 nitrogen and oxygen atoms in total. The van der Waals surface area contributed by atoms with Gasteiger partial charge in [0.25, 0.3) is 0 Å². The number of nitrogens with zero attached hydrogens (tertiary/aromatic N) is 4. The van der Waals surface area contributed by atoms with Gasteiger partial charge in [-0.05, 0) is 77.1 Å². The smallest absolute Gasteiger partial charge is 0.410 e. The van der Waals surface area contributed by atoms with Gasteiger partial charge in [0.05, 0.1) is 17.3 Å². The van der Waals surface area contributed by atoms with Gasteiger partial charge in [-0.25, -0.2) is 4.79 Å². The Labute approximate surface area is 206 Å². The van der Waals surface area contributed by atoms with Crippen LogP contribution in [0.25, 0.3) is 0 Å². The summed E-state index contributed by atoms with van der Waals surface area (Å²) in [4.78, 5) is 29.0. The average molecular weight is 482 g/mol. The maximum atomic E-state index is 13.4. The van der Waals surface area contributed by atoms with Crippen LogP contribution in [0.1, 0.15) is 45.7 Å². The first-order valence-electron chi connectivity index (χ1n) is 12.3. The van der Waals surface area contributed by atoms with Crippen molar-refractivity contribution in [2.45, 2.75) is 58.7 Å². The number of carbonyl (C=O) groups is 2. The Balaban J connectivity index is 1.40. The second-order valence-electron chi connectivity index (χ2n) is 10.2. The topological polar surface area (TPSA) is 96.9 Å². The standard InChI is InChI=1S/C26H35N5O4/c1-18-5-10-23(29-28-18)31(24(32)19-11-14-27-17-19)20-6-8-21(9-7-20)34-22-12-15-30(16-13-22)25(33)35-26(2,3)4/h5-10,19,22,27H,11-17H2,1-4H3. The summed E-state index contributed by atoms with van der Waals surface area (Å²) >= 11 is 0. The predicted molar refractivity (Wildman–Crippen MR) is 133 cm³/mol. The summed E-state index contributed by atoms with van der Waals surface area (Å²) in [6.07, 6.45) is 2.02. The molecule has 188 valence electrons. The summed E-state index contributed by atoms with van der Waals surface area (Å²) in [5, 5.41) is 11.7. The van der Waals surface area contributed by atoms with E-state index in [-0.39, 0.29) is 24.0 Å². The average Bonchev–Trinajstić information content (AvgIpc) is 3.36. The number of piperidine rings is 1. The molecule has 3 heterocycles. The van der Waals surface area contributed by atoms with E-state index in [9.17, 15) is 9.59 Å². The maximum Gasteiger partial charge on any atom is 0.410 e. The van der Waals surface area contributed by atoms with Gasteiger partial charge in [-0.1, -0.05) is 0 Å². The fourth-order valence-electron chi connectivity index (χ4n) is 4.28. The van der Waals surface area contributed by atoms with Gasteiger partial charge in [0.1, 0.15) is 17.5 Å². The summed E-state index contributed by atoms with van der Waals surface area (Å²) < 4.78 is 11.6. The predicted octanol–water partition coefficient (Wildman–Crippen LogP) is 3.84. The van der Waals surface area contributed by atoms with Crippen molar-refractivity contribution in [3.05, 3.63) is 42.1 Å². The van der Waals surface area contributed by atoms with Crippen molar-refractivity contribution in [3.8, 4) is 5.75 Å². The van der Waals surface area contributed by atoms with E-state index in [1.807, 2.05) is 64.1 Å². The molecule has 0 saturated carbocycles. The van der Waals surface area contributed by atoms with Crippen LogP contribution in [0.2, 0.25) is 0 Å². The van der Waals surface area contributed by atoms with Crippen molar-refractivity contribution in [2.24, 2.45) is 5.92 Å². The fraction of sp³-hybridized carbons (Fsp3) is 0.538. The van der Waals surface area contributed by atoms with E-state index in [0.29, 0.717) is 25.5 Å². The number of hydrogen-bond acceptors (Lipinski definition) is 7. The largest absolute Gasteiger partial charge is 0.490 e. The van der Waals surface area contributed by atoms with Gasteiger partial charge in [-0.2, -0.15) is 5.10 Å². The quantitative estimate of drug-likeness (QED) is 0.693. The lowest BCUT2D eigenvalue weighted by Gasteiger charge is -2.33. The van der Waals surface area contributed by atoms with Crippen molar-refractivity contribution >= 4 is 23.5 Å². The van der Waals surface area contributed by atoms with E-state index in [2.05, 4.69) is 15.5 Å². The number of anilines is 2. The van der Waals surface area contributed by atoms with Crippen molar-refractivity contribution in [2.75, 3.05) is 31.1 Å². The van der Waals surface area contributed by atoms with Crippen molar-refractivity contribution in [1.29, 1.82) is 0 Å². The molecule has 2 amide bonds. The first kappa shape index (κ1) is 24.9. The van der Waals surface area contributed by atoms with Crippen molar-refractivity contribution < 1.29 is 19.1 Å². The van der Waals surface area contributed by atoms with E-state index in [4.69, 9.17) is 9.47 Å². The highest BCUT2D eigenvalue weighted by molar-refractivity contribution is 6.01. The lowest BCUT2D eigenvalue weighted by molar-refractivity contribution is -0.121. The Morgan fingerprint density at radius 1 is 1.03 bits per heavy atom. The van der Waals surface area contributed by atoms with E-state index in [0.717, 1.165) is 42.9 Å². The van der Waals surface area contributed by atoms with Crippen LogP contribution >= 0.6 is 0 Å². The van der Waals surface area contributed by atoms with E-state index in [1.165, 1.54) is 0 Å². The molecule has 2 aliphatic heterocycles. The zero-order valence-electron chi connectivity index (χ0n) is 21.0. The number of aryl methyl sites for hydroxylation is 1. The van der Waals surface area contributed by atoms with Crippen LogP contribution < -0.4 is 15.0 Å². The Morgan fingerprint density at radius 2 is 1.74 bits per heavy atom. The molecule has 2 aromatic rings. The van der Waals surface area contributed by atoms with Gasteiger partial charge >= 0.3 is 6.09 Å². The van der Waals surface area contributed by atoms with Gasteiger partial charge in [0.15, 0.2) is 5.82 Å². The molecule has 0 spiro atoms. The summed E-state index contributed by atoms with van der Waals surface area (Å²) in [5.41, 5.74) is 1.03. The number of likely N-dealkylation sites (tertiary alicyclic amines) is 1. The third-order valence-corrected chi connectivity index (χ3v) is 6.13. The zero-order valence-corrected chi connectivity index (χ0v) is 21.0. The molecule has 1 unspecified atom stereocenters. The Kier molecular flexibility index (Phi) is 7.54. The number of aromatic nitrogens is 2. The molecule has 9 heteroatoms. The Hall–Kier alpha value is -3.20. The number of carbonyl (C=O) groups excluding carboxylic acids is 2. The van der Waals surface area contributed by atoms with Crippen molar-refractivity contribution in [3.63, 3.8) is 0 Å². The highest BCUT2D eigenvalue weighted by Crippen LogP contribution is 2.30. The third-order valence-electron chi connectivity index (χ3n) is 6.13. The minimum absolute atomic E-state index is 0.0105. The van der Waals surface area contributed by atoms with Gasteiger partial charge in [-0.3, -0.25) is 9.69 Å². The number of amides is 2. The van der Waals surface area contributed by atoms with Crippen LogP contribution in [0, 0.1) is 12.8 Å². The van der Waals surface area contributed by atoms with E-state index in [1.54, 1.807) is 9.80 Å². The minimum Gasteiger partial charge on any atom is -0.490 e. The van der Waals surface area contributed by atoms with E-state index < -0.39 is 5.60 Å². The first-order valence-corrected chi connectivity index (χ1v) is 12.3. The summed E-state index contributed by atoms with van der Waals surface area (Å²) in [6.45, 7) is 10.2. The van der Waals surface area contributed by atoms with Gasteiger partial charge in [0, 0.05) is 32.5 Å². The molecule has 1 aromatic heterocycles. The fourth-order valence-corrected chi connectivity index (χ4v) is 4.28. The SMILES string of the molecule is Cc1ccc(N(C(=O)C2CCNC2)c2ccc(OC3CCN(C(=O)OC(C)(C)C)CC3)cc2)nn1. The monoisotopic (exact) mass is 481 g/mol. The van der Waals surface area contributed by atoms with Crippen LogP contribution in [-0.2, 0) is 9.53 Å². The second-order valence-corrected chi connectivity index (χ2v) is 10.2. The van der Waals surface area contributed by atoms with E-state index >= 15 is 0 Å². The number of nitrogens with one attached hydrogen (secondary N) is 1. The minimum atomic E-state index is -0.500. The second kappa shape index (κ2) is 10.6. The molecule has 1 aromatic carbocycles. The molecule has 1 N–H and O–H groups in total. The molecule has 0 aliphatic carbocycles. The molecule has 2 aliphatic rings. The van der Waals surface area contributed by atoms with Crippen LogP contribution in [-0.4, -0.2) is 65.0 Å².